The number of carbonyl (C=O) groups excluding carboxylic acids is 5. The second-order valence-electron chi connectivity index (χ2n) is 12.2. The summed E-state index contributed by atoms with van der Waals surface area (Å²) in [5.41, 5.74) is 28.3. The van der Waals surface area contributed by atoms with Crippen molar-refractivity contribution >= 4 is 46.7 Å². The van der Waals surface area contributed by atoms with E-state index in [2.05, 4.69) is 31.9 Å². The molecule has 5 amide bonds. The van der Waals surface area contributed by atoms with Crippen LogP contribution in [0.2, 0.25) is 0 Å². The Morgan fingerprint density at radius 3 is 1.96 bits per heavy atom. The predicted molar refractivity (Wildman–Crippen MR) is 201 cm³/mol. The number of nitrogens with two attached hydrogens (primary N) is 5. The zero-order valence-electron chi connectivity index (χ0n) is 29.0. The summed E-state index contributed by atoms with van der Waals surface area (Å²) in [6.45, 7) is 0.00838. The molecule has 16 nitrogen and oxygen atoms in total. The molecule has 15 N–H and O–H groups in total. The van der Waals surface area contributed by atoms with Gasteiger partial charge >= 0.3 is 0 Å². The molecule has 0 heterocycles. The first-order chi connectivity index (χ1) is 25.0. The van der Waals surface area contributed by atoms with Gasteiger partial charge in [0.05, 0.1) is 19.6 Å². The minimum Gasteiger partial charge on any atom is -0.382 e. The molecule has 52 heavy (non-hydrogen) atoms. The number of amides is 5. The van der Waals surface area contributed by atoms with Crippen molar-refractivity contribution in [2.75, 3.05) is 36.8 Å². The van der Waals surface area contributed by atoms with Crippen LogP contribution in [0.3, 0.4) is 0 Å². The van der Waals surface area contributed by atoms with E-state index in [-0.39, 0.29) is 49.6 Å². The van der Waals surface area contributed by atoms with E-state index in [0.717, 1.165) is 48.9 Å². The van der Waals surface area contributed by atoms with Gasteiger partial charge in [-0.15, -0.1) is 5.10 Å². The van der Waals surface area contributed by atoms with Gasteiger partial charge in [-0.3, -0.25) is 24.0 Å². The van der Waals surface area contributed by atoms with Crippen LogP contribution < -0.4 is 55.6 Å². The number of benzene rings is 3. The van der Waals surface area contributed by atoms with E-state index in [1.54, 1.807) is 36.4 Å². The van der Waals surface area contributed by atoms with Crippen molar-refractivity contribution in [3.63, 3.8) is 0 Å². The molecule has 1 aliphatic carbocycles. The monoisotopic (exact) mass is 715 g/mol. The molecular weight excluding hydrogens is 666 g/mol. The van der Waals surface area contributed by atoms with E-state index in [9.17, 15) is 24.0 Å². The fraction of sp³-hybridized carbons (Fsp3) is 0.333. The maximum Gasteiger partial charge on any atom is 0.243 e. The molecule has 0 aliphatic heterocycles. The SMILES string of the molecule is NCC(=O)NCC(=O)NCC(=O)Nc1ccccc1-c1ccc(CCC(=O)Nc2ccc(/C(N)=N/NN)cc2)cc1.NCC1CCC(C(N)=O)CC1. The molecular formula is C36H49N11O5. The fourth-order valence-electron chi connectivity index (χ4n) is 5.40. The standard InChI is InChI=1S/C28H33N9O4.C8H16N2O/c29-15-25(39)32-16-26(40)33-17-27(41)35-23-4-2-1-3-22(23)19-8-5-18(6-9-19)7-14-24(38)34-21-12-10-20(11-13-21)28(30)36-37-31;9-5-6-1-3-7(4-2-6)8(10)11/h1-6,8-13,37H,7,14-17,29,31H2,(H2,30,36)(H,32,39)(H,33,40)(H,34,38)(H,35,41);6-7H,1-5,9H2,(H2,10,11). The molecule has 0 atom stereocenters. The predicted octanol–water partition coefficient (Wildman–Crippen LogP) is 0.375. The summed E-state index contributed by atoms with van der Waals surface area (Å²) in [4.78, 5) is 58.5. The third-order valence-corrected chi connectivity index (χ3v) is 8.42. The molecule has 4 rings (SSSR count). The van der Waals surface area contributed by atoms with E-state index < -0.39 is 17.7 Å². The van der Waals surface area contributed by atoms with Crippen molar-refractivity contribution in [1.29, 1.82) is 0 Å². The van der Waals surface area contributed by atoms with Gasteiger partial charge in [0.15, 0.2) is 5.84 Å². The number of hydrazone groups is 1. The summed E-state index contributed by atoms with van der Waals surface area (Å²) in [5, 5.41) is 14.1. The number of hydrazine groups is 1. The third kappa shape index (κ3) is 13.8. The van der Waals surface area contributed by atoms with Gasteiger partial charge in [-0.1, -0.05) is 42.5 Å². The van der Waals surface area contributed by atoms with Crippen LogP contribution in [-0.2, 0) is 30.4 Å². The Balaban J connectivity index is 0.000000564. The van der Waals surface area contributed by atoms with Crippen molar-refractivity contribution < 1.29 is 24.0 Å². The number of carbonyl (C=O) groups is 5. The molecule has 1 fully saturated rings. The van der Waals surface area contributed by atoms with Gasteiger partial charge in [-0.2, -0.15) is 0 Å². The number of nitrogens with one attached hydrogen (secondary N) is 5. The number of anilines is 2. The number of hydrogen-bond acceptors (Lipinski definition) is 10. The average Bonchev–Trinajstić information content (AvgIpc) is 3.16. The van der Waals surface area contributed by atoms with Crippen LogP contribution in [0.1, 0.15) is 43.2 Å². The van der Waals surface area contributed by atoms with Gasteiger partial charge < -0.3 is 44.2 Å². The lowest BCUT2D eigenvalue weighted by Gasteiger charge is -2.25. The van der Waals surface area contributed by atoms with Crippen LogP contribution in [0.5, 0.6) is 0 Å². The normalized spacial score (nSPS) is 15.2. The number of rotatable bonds is 15. The van der Waals surface area contributed by atoms with E-state index in [1.165, 1.54) is 0 Å². The van der Waals surface area contributed by atoms with Gasteiger partial charge in [0, 0.05) is 34.8 Å². The molecule has 0 radical (unpaired) electrons. The number of nitrogens with zero attached hydrogens (tertiary/aromatic N) is 1. The zero-order chi connectivity index (χ0) is 37.9. The Hall–Kier alpha value is -5.84. The molecule has 3 aromatic carbocycles. The van der Waals surface area contributed by atoms with Gasteiger partial charge in [-0.05, 0) is 86.0 Å². The molecule has 0 spiro atoms. The number of hydrogen-bond donors (Lipinski definition) is 10. The van der Waals surface area contributed by atoms with Crippen LogP contribution >= 0.6 is 0 Å². The Morgan fingerprint density at radius 2 is 1.35 bits per heavy atom. The van der Waals surface area contributed by atoms with E-state index in [1.807, 2.05) is 36.4 Å². The smallest absolute Gasteiger partial charge is 0.243 e. The summed E-state index contributed by atoms with van der Waals surface area (Å²) in [6, 6.07) is 21.9. The van der Waals surface area contributed by atoms with Crippen molar-refractivity contribution in [2.24, 2.45) is 45.7 Å². The number of aryl methyl sites for hydroxylation is 1. The van der Waals surface area contributed by atoms with Crippen molar-refractivity contribution in [1.82, 2.24) is 16.2 Å². The number of primary amides is 1. The van der Waals surface area contributed by atoms with E-state index in [4.69, 9.17) is 28.8 Å². The minimum absolute atomic E-state index is 0.123. The third-order valence-electron chi connectivity index (χ3n) is 8.42. The lowest BCUT2D eigenvalue weighted by Crippen LogP contribution is -2.41. The van der Waals surface area contributed by atoms with Gasteiger partial charge in [0.1, 0.15) is 0 Å². The van der Waals surface area contributed by atoms with Crippen molar-refractivity contribution in [2.45, 2.75) is 38.5 Å². The number of para-hydroxylation sites is 1. The Kier molecular flexibility index (Phi) is 16.7. The second-order valence-corrected chi connectivity index (χ2v) is 12.2. The van der Waals surface area contributed by atoms with Gasteiger partial charge in [0.2, 0.25) is 29.5 Å². The summed E-state index contributed by atoms with van der Waals surface area (Å²) in [6.07, 6.45) is 4.86. The summed E-state index contributed by atoms with van der Waals surface area (Å²) in [7, 11) is 0. The molecule has 16 heteroatoms. The molecule has 0 bridgehead atoms. The highest BCUT2D eigenvalue weighted by molar-refractivity contribution is 5.99. The first-order valence-electron chi connectivity index (χ1n) is 16.9. The molecule has 1 saturated carbocycles. The zero-order valence-corrected chi connectivity index (χ0v) is 29.0. The highest BCUT2D eigenvalue weighted by atomic mass is 16.2. The fourth-order valence-corrected chi connectivity index (χ4v) is 5.40. The highest BCUT2D eigenvalue weighted by Crippen LogP contribution is 2.29. The summed E-state index contributed by atoms with van der Waals surface area (Å²) < 4.78 is 0. The van der Waals surface area contributed by atoms with Crippen molar-refractivity contribution in [3.8, 4) is 11.1 Å². The van der Waals surface area contributed by atoms with E-state index >= 15 is 0 Å². The maximum absolute atomic E-state index is 12.4. The summed E-state index contributed by atoms with van der Waals surface area (Å²) in [5.74, 6) is 4.45. The van der Waals surface area contributed by atoms with Crippen molar-refractivity contribution in [3.05, 3.63) is 83.9 Å². The van der Waals surface area contributed by atoms with Crippen LogP contribution in [0.4, 0.5) is 11.4 Å². The molecule has 0 aromatic heterocycles. The first kappa shape index (κ1) is 40.6. The maximum atomic E-state index is 12.4. The second kappa shape index (κ2) is 21.4. The lowest BCUT2D eigenvalue weighted by atomic mass is 9.82. The Morgan fingerprint density at radius 1 is 0.712 bits per heavy atom. The van der Waals surface area contributed by atoms with Crippen LogP contribution in [0.15, 0.2) is 77.9 Å². The quantitative estimate of drug-likeness (QED) is 0.0447. The van der Waals surface area contributed by atoms with Crippen LogP contribution in [0.25, 0.3) is 11.1 Å². The average molecular weight is 716 g/mol. The Labute approximate surface area is 302 Å². The molecule has 0 saturated heterocycles. The van der Waals surface area contributed by atoms with E-state index in [0.29, 0.717) is 29.3 Å². The lowest BCUT2D eigenvalue weighted by molar-refractivity contribution is -0.126. The molecule has 1 aliphatic rings. The first-order valence-corrected chi connectivity index (χ1v) is 16.9. The van der Waals surface area contributed by atoms with Crippen LogP contribution in [0, 0.1) is 11.8 Å². The number of amidine groups is 1. The van der Waals surface area contributed by atoms with Gasteiger partial charge in [-0.25, -0.2) is 11.4 Å². The highest BCUT2D eigenvalue weighted by Gasteiger charge is 2.23. The molecule has 3 aromatic rings. The van der Waals surface area contributed by atoms with Gasteiger partial charge in [0.25, 0.3) is 0 Å². The van der Waals surface area contributed by atoms with Crippen LogP contribution in [-0.4, -0.2) is 61.6 Å². The topological polar surface area (TPSA) is 288 Å². The Bertz CT molecular complexity index is 1670. The summed E-state index contributed by atoms with van der Waals surface area (Å²) >= 11 is 0. The molecule has 278 valence electrons. The minimum atomic E-state index is -0.506. The molecule has 0 unspecified atom stereocenters. The largest absolute Gasteiger partial charge is 0.382 e.